The SMILES string of the molecule is C[C@@H](C(=O)N1CCc2ccccc21)N1CCCC[C@@H]1Cn1cncn1. The molecule has 1 fully saturated rings. The molecule has 1 aromatic heterocycles. The van der Waals surface area contributed by atoms with E-state index in [0.717, 1.165) is 44.6 Å². The van der Waals surface area contributed by atoms with Crippen LogP contribution in [0.4, 0.5) is 5.69 Å². The number of para-hydroxylation sites is 1. The number of anilines is 1. The monoisotopic (exact) mass is 339 g/mol. The predicted molar refractivity (Wildman–Crippen MR) is 96.3 cm³/mol. The molecule has 0 bridgehead atoms. The number of amides is 1. The van der Waals surface area contributed by atoms with Crippen molar-refractivity contribution in [1.82, 2.24) is 19.7 Å². The number of rotatable bonds is 4. The maximum Gasteiger partial charge on any atom is 0.244 e. The molecular weight excluding hydrogens is 314 g/mol. The smallest absolute Gasteiger partial charge is 0.244 e. The second-order valence-corrected chi connectivity index (χ2v) is 7.05. The van der Waals surface area contributed by atoms with Crippen LogP contribution in [-0.2, 0) is 17.8 Å². The highest BCUT2D eigenvalue weighted by atomic mass is 16.2. The molecular formula is C19H25N5O. The Balaban J connectivity index is 1.50. The van der Waals surface area contributed by atoms with Crippen molar-refractivity contribution in [1.29, 1.82) is 0 Å². The Morgan fingerprint density at radius 2 is 2.16 bits per heavy atom. The van der Waals surface area contributed by atoms with Gasteiger partial charge in [0.05, 0.1) is 12.6 Å². The van der Waals surface area contributed by atoms with Gasteiger partial charge in [-0.2, -0.15) is 5.10 Å². The van der Waals surface area contributed by atoms with Crippen LogP contribution >= 0.6 is 0 Å². The lowest BCUT2D eigenvalue weighted by molar-refractivity contribution is -0.124. The fourth-order valence-corrected chi connectivity index (χ4v) is 4.21. The molecule has 2 atom stereocenters. The summed E-state index contributed by atoms with van der Waals surface area (Å²) >= 11 is 0. The number of piperidine rings is 1. The van der Waals surface area contributed by atoms with E-state index in [4.69, 9.17) is 0 Å². The molecule has 3 heterocycles. The van der Waals surface area contributed by atoms with Crippen molar-refractivity contribution in [2.24, 2.45) is 0 Å². The van der Waals surface area contributed by atoms with Crippen LogP contribution in [0, 0.1) is 0 Å². The molecule has 1 amide bonds. The average molecular weight is 339 g/mol. The van der Waals surface area contributed by atoms with Gasteiger partial charge in [-0.3, -0.25) is 14.4 Å². The first kappa shape index (κ1) is 16.3. The summed E-state index contributed by atoms with van der Waals surface area (Å²) < 4.78 is 1.88. The standard InChI is InChI=1S/C19H25N5O/c1-15(19(25)24-11-9-16-6-2-3-8-18(16)24)23-10-5-4-7-17(23)12-22-14-20-13-21-22/h2-3,6,8,13-15,17H,4-5,7,9-12H2,1H3/t15-,17+/m0/s1. The van der Waals surface area contributed by atoms with Gasteiger partial charge in [-0.15, -0.1) is 0 Å². The third-order valence-corrected chi connectivity index (χ3v) is 5.55. The Bertz CT molecular complexity index is 729. The number of fused-ring (bicyclic) bond motifs is 1. The average Bonchev–Trinajstić information content (AvgIpc) is 3.30. The van der Waals surface area contributed by atoms with Gasteiger partial charge in [0.1, 0.15) is 12.7 Å². The van der Waals surface area contributed by atoms with Crippen LogP contribution < -0.4 is 4.90 Å². The molecule has 0 radical (unpaired) electrons. The summed E-state index contributed by atoms with van der Waals surface area (Å²) in [5.74, 6) is 0.218. The van der Waals surface area contributed by atoms with Crippen molar-refractivity contribution in [3.63, 3.8) is 0 Å². The zero-order valence-corrected chi connectivity index (χ0v) is 14.7. The fraction of sp³-hybridized carbons (Fsp3) is 0.526. The van der Waals surface area contributed by atoms with E-state index in [2.05, 4.69) is 40.1 Å². The Morgan fingerprint density at radius 3 is 3.00 bits per heavy atom. The number of carbonyl (C=O) groups excluding carboxylic acids is 1. The molecule has 2 aliphatic rings. The van der Waals surface area contributed by atoms with Gasteiger partial charge in [0, 0.05) is 18.3 Å². The van der Waals surface area contributed by atoms with Crippen LogP contribution in [-0.4, -0.2) is 50.7 Å². The Hall–Kier alpha value is -2.21. The van der Waals surface area contributed by atoms with Crippen molar-refractivity contribution in [2.45, 2.75) is 51.2 Å². The maximum absolute atomic E-state index is 13.2. The molecule has 4 rings (SSSR count). The molecule has 1 saturated heterocycles. The molecule has 132 valence electrons. The summed E-state index contributed by atoms with van der Waals surface area (Å²) in [6.45, 7) is 4.63. The third-order valence-electron chi connectivity index (χ3n) is 5.55. The highest BCUT2D eigenvalue weighted by Crippen LogP contribution is 2.29. The number of carbonyl (C=O) groups is 1. The Kier molecular flexibility index (Phi) is 4.53. The highest BCUT2D eigenvalue weighted by Gasteiger charge is 2.35. The van der Waals surface area contributed by atoms with E-state index >= 15 is 0 Å². The molecule has 0 aliphatic carbocycles. The summed E-state index contributed by atoms with van der Waals surface area (Å²) in [6.07, 6.45) is 7.76. The van der Waals surface area contributed by atoms with E-state index in [9.17, 15) is 4.79 Å². The fourth-order valence-electron chi connectivity index (χ4n) is 4.21. The summed E-state index contributed by atoms with van der Waals surface area (Å²) in [7, 11) is 0. The first-order valence-electron chi connectivity index (χ1n) is 9.21. The molecule has 0 unspecified atom stereocenters. The van der Waals surface area contributed by atoms with Crippen molar-refractivity contribution in [2.75, 3.05) is 18.0 Å². The topological polar surface area (TPSA) is 54.3 Å². The minimum atomic E-state index is -0.111. The number of aromatic nitrogens is 3. The number of hydrogen-bond donors (Lipinski definition) is 0. The van der Waals surface area contributed by atoms with E-state index in [-0.39, 0.29) is 11.9 Å². The lowest BCUT2D eigenvalue weighted by atomic mass is 9.99. The Labute approximate surface area is 148 Å². The Morgan fingerprint density at radius 1 is 1.28 bits per heavy atom. The van der Waals surface area contributed by atoms with Crippen molar-refractivity contribution in [3.8, 4) is 0 Å². The molecule has 2 aromatic rings. The quantitative estimate of drug-likeness (QED) is 0.856. The molecule has 0 saturated carbocycles. The lowest BCUT2D eigenvalue weighted by Gasteiger charge is -2.40. The third kappa shape index (κ3) is 3.18. The van der Waals surface area contributed by atoms with Gasteiger partial charge in [0.15, 0.2) is 0 Å². The number of hydrogen-bond acceptors (Lipinski definition) is 4. The van der Waals surface area contributed by atoms with E-state index in [1.807, 2.05) is 15.6 Å². The van der Waals surface area contributed by atoms with Crippen LogP contribution in [0.2, 0.25) is 0 Å². The summed E-state index contributed by atoms with van der Waals surface area (Å²) in [4.78, 5) is 21.6. The second-order valence-electron chi connectivity index (χ2n) is 7.05. The normalized spacial score (nSPS) is 22.0. The highest BCUT2D eigenvalue weighted by molar-refractivity contribution is 5.98. The molecule has 2 aliphatic heterocycles. The minimum Gasteiger partial charge on any atom is -0.310 e. The van der Waals surface area contributed by atoms with Crippen LogP contribution in [0.15, 0.2) is 36.9 Å². The molecule has 1 aromatic carbocycles. The zero-order valence-electron chi connectivity index (χ0n) is 14.7. The van der Waals surface area contributed by atoms with Crippen molar-refractivity contribution >= 4 is 11.6 Å². The van der Waals surface area contributed by atoms with Gasteiger partial charge in [-0.25, -0.2) is 4.98 Å². The molecule has 25 heavy (non-hydrogen) atoms. The number of benzene rings is 1. The van der Waals surface area contributed by atoms with E-state index in [0.29, 0.717) is 6.04 Å². The summed E-state index contributed by atoms with van der Waals surface area (Å²) in [5, 5.41) is 4.24. The number of likely N-dealkylation sites (tertiary alicyclic amines) is 1. The van der Waals surface area contributed by atoms with Gasteiger partial charge in [0.25, 0.3) is 0 Å². The molecule has 6 heteroatoms. The second kappa shape index (κ2) is 6.96. The maximum atomic E-state index is 13.2. The summed E-state index contributed by atoms with van der Waals surface area (Å²) in [6, 6.07) is 8.49. The first-order chi connectivity index (χ1) is 12.2. The van der Waals surface area contributed by atoms with Crippen LogP contribution in [0.3, 0.4) is 0 Å². The van der Waals surface area contributed by atoms with Gasteiger partial charge >= 0.3 is 0 Å². The van der Waals surface area contributed by atoms with E-state index in [1.54, 1.807) is 12.7 Å². The molecule has 0 N–H and O–H groups in total. The van der Waals surface area contributed by atoms with E-state index < -0.39 is 0 Å². The van der Waals surface area contributed by atoms with Crippen LogP contribution in [0.1, 0.15) is 31.7 Å². The van der Waals surface area contributed by atoms with Gasteiger partial charge in [-0.05, 0) is 44.4 Å². The van der Waals surface area contributed by atoms with Gasteiger partial charge in [0.2, 0.25) is 5.91 Å². The largest absolute Gasteiger partial charge is 0.310 e. The van der Waals surface area contributed by atoms with Crippen molar-refractivity contribution < 1.29 is 4.79 Å². The van der Waals surface area contributed by atoms with Crippen LogP contribution in [0.5, 0.6) is 0 Å². The van der Waals surface area contributed by atoms with Gasteiger partial charge in [-0.1, -0.05) is 24.6 Å². The van der Waals surface area contributed by atoms with Crippen molar-refractivity contribution in [3.05, 3.63) is 42.5 Å². The molecule has 0 spiro atoms. The zero-order chi connectivity index (χ0) is 17.2. The predicted octanol–water partition coefficient (Wildman–Crippen LogP) is 2.11. The number of nitrogens with zero attached hydrogens (tertiary/aromatic N) is 5. The van der Waals surface area contributed by atoms with Gasteiger partial charge < -0.3 is 4.90 Å². The minimum absolute atomic E-state index is 0.111. The first-order valence-corrected chi connectivity index (χ1v) is 9.21. The lowest BCUT2D eigenvalue weighted by Crippen LogP contribution is -2.53. The van der Waals surface area contributed by atoms with Crippen LogP contribution in [0.25, 0.3) is 0 Å². The van der Waals surface area contributed by atoms with E-state index in [1.165, 1.54) is 12.0 Å². The summed E-state index contributed by atoms with van der Waals surface area (Å²) in [5.41, 5.74) is 2.37. The molecule has 6 nitrogen and oxygen atoms in total.